The minimum Gasteiger partial charge on any atom is -0.492 e. The standard InChI is InChI=1S/C15H20N2O4/c1-10(11-7-16-8-11)15(18)17-4-5-19-12-2-3-13-14(6-12)21-9-20-13/h2-3,6,10-11,16H,4-5,7-9H2,1H3,(H,17,18). The van der Waals surface area contributed by atoms with Crippen molar-refractivity contribution in [1.82, 2.24) is 10.6 Å². The minimum absolute atomic E-state index is 0.0526. The van der Waals surface area contributed by atoms with Gasteiger partial charge in [0, 0.05) is 12.0 Å². The number of hydrogen-bond acceptors (Lipinski definition) is 5. The van der Waals surface area contributed by atoms with Gasteiger partial charge >= 0.3 is 0 Å². The Kier molecular flexibility index (Phi) is 4.15. The molecule has 3 rings (SSSR count). The molecule has 2 N–H and O–H groups in total. The fourth-order valence-corrected chi connectivity index (χ4v) is 2.35. The van der Waals surface area contributed by atoms with Crippen molar-refractivity contribution in [1.29, 1.82) is 0 Å². The average molecular weight is 292 g/mol. The lowest BCUT2D eigenvalue weighted by molar-refractivity contribution is -0.126. The van der Waals surface area contributed by atoms with E-state index < -0.39 is 0 Å². The predicted molar refractivity (Wildman–Crippen MR) is 76.6 cm³/mol. The van der Waals surface area contributed by atoms with Crippen LogP contribution >= 0.6 is 0 Å². The maximum absolute atomic E-state index is 11.9. The normalized spacial score (nSPS) is 18.0. The highest BCUT2D eigenvalue weighted by Gasteiger charge is 2.28. The van der Waals surface area contributed by atoms with Gasteiger partial charge in [-0.15, -0.1) is 0 Å². The SMILES string of the molecule is CC(C(=O)NCCOc1ccc2c(c1)OCO2)C1CNC1. The smallest absolute Gasteiger partial charge is 0.231 e. The molecule has 2 aliphatic rings. The van der Waals surface area contributed by atoms with E-state index in [1.807, 2.05) is 19.1 Å². The van der Waals surface area contributed by atoms with Crippen LogP contribution in [0.15, 0.2) is 18.2 Å². The number of nitrogens with one attached hydrogen (secondary N) is 2. The van der Waals surface area contributed by atoms with E-state index >= 15 is 0 Å². The van der Waals surface area contributed by atoms with Gasteiger partial charge in [-0.3, -0.25) is 4.79 Å². The third-order valence-corrected chi connectivity index (χ3v) is 3.95. The summed E-state index contributed by atoms with van der Waals surface area (Å²) in [5, 5.41) is 6.09. The fourth-order valence-electron chi connectivity index (χ4n) is 2.35. The maximum atomic E-state index is 11.9. The molecule has 1 amide bonds. The van der Waals surface area contributed by atoms with E-state index in [-0.39, 0.29) is 18.6 Å². The number of hydrogen-bond donors (Lipinski definition) is 2. The first-order chi connectivity index (χ1) is 10.2. The van der Waals surface area contributed by atoms with Gasteiger partial charge in [0.2, 0.25) is 12.7 Å². The molecule has 6 heteroatoms. The number of benzene rings is 1. The Balaban J connectivity index is 1.39. The molecule has 6 nitrogen and oxygen atoms in total. The number of ether oxygens (including phenoxy) is 3. The predicted octanol–water partition coefficient (Wildman–Crippen LogP) is 0.766. The molecular weight excluding hydrogens is 272 g/mol. The molecule has 1 unspecified atom stereocenters. The second kappa shape index (κ2) is 6.22. The molecule has 1 fully saturated rings. The topological polar surface area (TPSA) is 68.8 Å². The maximum Gasteiger partial charge on any atom is 0.231 e. The zero-order chi connectivity index (χ0) is 14.7. The molecule has 2 heterocycles. The molecular formula is C15H20N2O4. The lowest BCUT2D eigenvalue weighted by atomic mass is 9.88. The Morgan fingerprint density at radius 2 is 2.24 bits per heavy atom. The molecule has 2 aliphatic heterocycles. The number of fused-ring (bicyclic) bond motifs is 1. The zero-order valence-electron chi connectivity index (χ0n) is 12.1. The second-order valence-electron chi connectivity index (χ2n) is 5.36. The van der Waals surface area contributed by atoms with Gasteiger partial charge in [-0.05, 0) is 31.1 Å². The summed E-state index contributed by atoms with van der Waals surface area (Å²) in [6.45, 7) is 5.02. The van der Waals surface area contributed by atoms with Crippen LogP contribution in [0.4, 0.5) is 0 Å². The van der Waals surface area contributed by atoms with E-state index in [4.69, 9.17) is 14.2 Å². The van der Waals surface area contributed by atoms with Gasteiger partial charge in [-0.1, -0.05) is 6.92 Å². The van der Waals surface area contributed by atoms with Crippen molar-refractivity contribution in [2.75, 3.05) is 33.0 Å². The second-order valence-corrected chi connectivity index (χ2v) is 5.36. The van der Waals surface area contributed by atoms with Gasteiger partial charge in [0.05, 0.1) is 6.54 Å². The van der Waals surface area contributed by atoms with E-state index in [0.29, 0.717) is 30.6 Å². The fraction of sp³-hybridized carbons (Fsp3) is 0.533. The van der Waals surface area contributed by atoms with Crippen LogP contribution < -0.4 is 24.8 Å². The van der Waals surface area contributed by atoms with E-state index in [0.717, 1.165) is 18.8 Å². The highest BCUT2D eigenvalue weighted by atomic mass is 16.7. The molecule has 1 atom stereocenters. The first-order valence-corrected chi connectivity index (χ1v) is 7.25. The molecule has 0 bridgehead atoms. The van der Waals surface area contributed by atoms with Crippen LogP contribution in [0.3, 0.4) is 0 Å². The first kappa shape index (κ1) is 14.0. The number of carbonyl (C=O) groups is 1. The largest absolute Gasteiger partial charge is 0.492 e. The lowest BCUT2D eigenvalue weighted by Gasteiger charge is -2.31. The molecule has 0 aromatic heterocycles. The number of carbonyl (C=O) groups excluding carboxylic acids is 1. The first-order valence-electron chi connectivity index (χ1n) is 7.25. The Bertz CT molecular complexity index is 516. The van der Waals surface area contributed by atoms with Gasteiger partial charge in [0.1, 0.15) is 12.4 Å². The van der Waals surface area contributed by atoms with Crippen LogP contribution in [0.5, 0.6) is 17.2 Å². The molecule has 0 saturated carbocycles. The summed E-state index contributed by atoms with van der Waals surface area (Å²) in [7, 11) is 0. The van der Waals surface area contributed by atoms with E-state index in [2.05, 4.69) is 10.6 Å². The van der Waals surface area contributed by atoms with E-state index in [1.54, 1.807) is 6.07 Å². The highest BCUT2D eigenvalue weighted by molar-refractivity contribution is 5.78. The van der Waals surface area contributed by atoms with Crippen LogP contribution in [0.2, 0.25) is 0 Å². The van der Waals surface area contributed by atoms with Gasteiger partial charge in [-0.25, -0.2) is 0 Å². The summed E-state index contributed by atoms with van der Waals surface area (Å²) in [4.78, 5) is 11.9. The van der Waals surface area contributed by atoms with Crippen molar-refractivity contribution in [3.8, 4) is 17.2 Å². The molecule has 114 valence electrons. The van der Waals surface area contributed by atoms with Gasteiger partial charge in [0.25, 0.3) is 0 Å². The quantitative estimate of drug-likeness (QED) is 0.758. The molecule has 1 aromatic rings. The Hall–Kier alpha value is -1.95. The summed E-state index contributed by atoms with van der Waals surface area (Å²) in [5.41, 5.74) is 0. The van der Waals surface area contributed by atoms with Crippen molar-refractivity contribution in [2.24, 2.45) is 11.8 Å². The third kappa shape index (κ3) is 3.21. The summed E-state index contributed by atoms with van der Waals surface area (Å²) in [6.07, 6.45) is 0. The monoisotopic (exact) mass is 292 g/mol. The molecule has 0 aliphatic carbocycles. The number of rotatable bonds is 6. The van der Waals surface area contributed by atoms with Crippen LogP contribution in [0.1, 0.15) is 6.92 Å². The van der Waals surface area contributed by atoms with Crippen molar-refractivity contribution < 1.29 is 19.0 Å². The average Bonchev–Trinajstić information content (AvgIpc) is 2.88. The molecule has 0 spiro atoms. The van der Waals surface area contributed by atoms with Crippen molar-refractivity contribution in [3.05, 3.63) is 18.2 Å². The molecule has 21 heavy (non-hydrogen) atoms. The van der Waals surface area contributed by atoms with Gasteiger partial charge < -0.3 is 24.8 Å². The van der Waals surface area contributed by atoms with Crippen LogP contribution in [-0.4, -0.2) is 38.9 Å². The molecule has 1 aromatic carbocycles. The molecule has 0 radical (unpaired) electrons. The summed E-state index contributed by atoms with van der Waals surface area (Å²) in [6, 6.07) is 5.45. The summed E-state index contributed by atoms with van der Waals surface area (Å²) >= 11 is 0. The lowest BCUT2D eigenvalue weighted by Crippen LogP contribution is -2.49. The van der Waals surface area contributed by atoms with Gasteiger partial charge in [0.15, 0.2) is 11.5 Å². The Morgan fingerprint density at radius 3 is 3.00 bits per heavy atom. The van der Waals surface area contributed by atoms with E-state index in [1.165, 1.54) is 0 Å². The zero-order valence-corrected chi connectivity index (χ0v) is 12.1. The van der Waals surface area contributed by atoms with Crippen molar-refractivity contribution in [2.45, 2.75) is 6.92 Å². The summed E-state index contributed by atoms with van der Waals surface area (Å²) < 4.78 is 16.1. The van der Waals surface area contributed by atoms with Crippen LogP contribution in [-0.2, 0) is 4.79 Å². The minimum atomic E-state index is 0.0526. The van der Waals surface area contributed by atoms with Gasteiger partial charge in [-0.2, -0.15) is 0 Å². The highest BCUT2D eigenvalue weighted by Crippen LogP contribution is 2.34. The number of amides is 1. The molecule has 1 saturated heterocycles. The van der Waals surface area contributed by atoms with Crippen LogP contribution in [0.25, 0.3) is 0 Å². The van der Waals surface area contributed by atoms with E-state index in [9.17, 15) is 4.79 Å². The van der Waals surface area contributed by atoms with Crippen molar-refractivity contribution in [3.63, 3.8) is 0 Å². The Morgan fingerprint density at radius 1 is 1.43 bits per heavy atom. The van der Waals surface area contributed by atoms with Crippen LogP contribution in [0, 0.1) is 11.8 Å². The Labute approximate surface area is 123 Å². The summed E-state index contributed by atoms with van der Waals surface area (Å²) in [5.74, 6) is 2.75. The van der Waals surface area contributed by atoms with Crippen molar-refractivity contribution >= 4 is 5.91 Å². The third-order valence-electron chi connectivity index (χ3n) is 3.95.